The molecule has 2 heterocycles. The van der Waals surface area contributed by atoms with Crippen LogP contribution in [0.4, 0.5) is 0 Å². The number of ether oxygens (including phenoxy) is 1. The molecule has 1 aliphatic rings. The van der Waals surface area contributed by atoms with Crippen LogP contribution in [0.25, 0.3) is 0 Å². The molecule has 0 saturated carbocycles. The Kier molecular flexibility index (Phi) is 5.66. The molecule has 1 fully saturated rings. The number of rotatable bonds is 7. The van der Waals surface area contributed by atoms with Gasteiger partial charge in [-0.1, -0.05) is 24.3 Å². The fourth-order valence-corrected chi connectivity index (χ4v) is 3.48. The summed E-state index contributed by atoms with van der Waals surface area (Å²) in [6.45, 7) is 2.62. The van der Waals surface area contributed by atoms with Crippen molar-refractivity contribution >= 4 is 5.97 Å². The first-order valence-electron chi connectivity index (χ1n) is 8.70. The number of aromatic nitrogens is 1. The maximum Gasteiger partial charge on any atom is 0.311 e. The number of likely N-dealkylation sites (tertiary alicyclic amines) is 1. The Morgan fingerprint density at radius 1 is 1.24 bits per heavy atom. The van der Waals surface area contributed by atoms with Crippen LogP contribution in [0, 0.1) is 5.41 Å². The van der Waals surface area contributed by atoms with Crippen molar-refractivity contribution in [2.45, 2.75) is 25.8 Å². The molecule has 0 spiro atoms. The normalized spacial score (nSPS) is 21.0. The van der Waals surface area contributed by atoms with Crippen molar-refractivity contribution in [3.05, 3.63) is 60.4 Å². The molecule has 2 aromatic rings. The third-order valence-corrected chi connectivity index (χ3v) is 4.83. The van der Waals surface area contributed by atoms with Gasteiger partial charge in [-0.3, -0.25) is 14.7 Å². The van der Waals surface area contributed by atoms with E-state index in [-0.39, 0.29) is 0 Å². The number of hydrogen-bond donors (Lipinski definition) is 1. The van der Waals surface area contributed by atoms with E-state index in [2.05, 4.69) is 9.88 Å². The Balaban J connectivity index is 1.61. The first kappa shape index (κ1) is 17.4. The average Bonchev–Trinajstić information content (AvgIpc) is 2.64. The lowest BCUT2D eigenvalue weighted by Gasteiger charge is -2.40. The molecule has 5 nitrogen and oxygen atoms in total. The van der Waals surface area contributed by atoms with E-state index in [1.54, 1.807) is 6.20 Å². The van der Waals surface area contributed by atoms with Gasteiger partial charge in [0.1, 0.15) is 5.75 Å². The molecule has 3 rings (SSSR count). The van der Waals surface area contributed by atoms with Crippen molar-refractivity contribution in [3.8, 4) is 5.75 Å². The monoisotopic (exact) mass is 340 g/mol. The molecule has 1 unspecified atom stereocenters. The van der Waals surface area contributed by atoms with Crippen LogP contribution in [0.3, 0.4) is 0 Å². The first-order valence-corrected chi connectivity index (χ1v) is 8.70. The van der Waals surface area contributed by atoms with Gasteiger partial charge in [-0.15, -0.1) is 0 Å². The van der Waals surface area contributed by atoms with Crippen molar-refractivity contribution in [1.29, 1.82) is 0 Å². The van der Waals surface area contributed by atoms with Crippen LogP contribution in [0.1, 0.15) is 24.8 Å². The van der Waals surface area contributed by atoms with Crippen LogP contribution < -0.4 is 4.74 Å². The van der Waals surface area contributed by atoms with E-state index in [1.807, 2.05) is 48.7 Å². The summed E-state index contributed by atoms with van der Waals surface area (Å²) >= 11 is 0. The molecule has 0 radical (unpaired) electrons. The number of carboxylic acid groups (broad SMARTS) is 1. The van der Waals surface area contributed by atoms with Crippen LogP contribution in [0.2, 0.25) is 0 Å². The molecule has 1 saturated heterocycles. The van der Waals surface area contributed by atoms with Crippen LogP contribution >= 0.6 is 0 Å². The maximum atomic E-state index is 12.0. The second-order valence-corrected chi connectivity index (χ2v) is 6.67. The summed E-state index contributed by atoms with van der Waals surface area (Å²) in [7, 11) is 0. The number of carboxylic acids is 1. The Labute approximate surface area is 148 Å². The predicted molar refractivity (Wildman–Crippen MR) is 95.4 cm³/mol. The molecule has 0 bridgehead atoms. The molecule has 0 amide bonds. The summed E-state index contributed by atoms with van der Waals surface area (Å²) in [6, 6.07) is 13.5. The minimum absolute atomic E-state index is 0.414. The minimum Gasteiger partial charge on any atom is -0.494 e. The highest BCUT2D eigenvalue weighted by Crippen LogP contribution is 2.34. The van der Waals surface area contributed by atoms with E-state index in [0.717, 1.165) is 30.8 Å². The van der Waals surface area contributed by atoms with E-state index >= 15 is 0 Å². The maximum absolute atomic E-state index is 12.0. The zero-order valence-corrected chi connectivity index (χ0v) is 14.3. The van der Waals surface area contributed by atoms with Crippen molar-refractivity contribution in [2.75, 3.05) is 19.7 Å². The Hall–Kier alpha value is -2.40. The number of hydrogen-bond acceptors (Lipinski definition) is 4. The van der Waals surface area contributed by atoms with Crippen LogP contribution in [0.5, 0.6) is 5.75 Å². The summed E-state index contributed by atoms with van der Waals surface area (Å²) in [5, 5.41) is 9.88. The minimum atomic E-state index is -0.741. The van der Waals surface area contributed by atoms with Gasteiger partial charge in [-0.05, 0) is 49.6 Å². The average molecular weight is 340 g/mol. The molecular formula is C20H24N2O3. The summed E-state index contributed by atoms with van der Waals surface area (Å²) in [4.78, 5) is 18.4. The summed E-state index contributed by atoms with van der Waals surface area (Å²) in [5.74, 6) is 0.0612. The standard InChI is InChI=1S/C20H24N2O3/c23-19(24)20(10-13-25-18-7-2-1-3-8-18)9-5-12-22(16-20)15-17-6-4-11-21-14-17/h1-4,6-8,11,14H,5,9-10,12-13,15-16H2,(H,23,24). The van der Waals surface area contributed by atoms with Crippen molar-refractivity contribution in [2.24, 2.45) is 5.41 Å². The summed E-state index contributed by atoms with van der Waals surface area (Å²) < 4.78 is 5.75. The molecule has 0 aliphatic carbocycles. The molecule has 1 aliphatic heterocycles. The molecule has 132 valence electrons. The van der Waals surface area contributed by atoms with Crippen molar-refractivity contribution < 1.29 is 14.6 Å². The predicted octanol–water partition coefficient (Wildman–Crippen LogP) is 3.22. The van der Waals surface area contributed by atoms with Crippen LogP contribution in [-0.4, -0.2) is 40.7 Å². The quantitative estimate of drug-likeness (QED) is 0.838. The summed E-state index contributed by atoms with van der Waals surface area (Å²) in [5.41, 5.74) is 0.374. The van der Waals surface area contributed by atoms with Gasteiger partial charge in [0.25, 0.3) is 0 Å². The third-order valence-electron chi connectivity index (χ3n) is 4.83. The number of aliphatic carboxylic acids is 1. The lowest BCUT2D eigenvalue weighted by Crippen LogP contribution is -2.48. The second-order valence-electron chi connectivity index (χ2n) is 6.67. The number of piperidine rings is 1. The Morgan fingerprint density at radius 2 is 2.08 bits per heavy atom. The molecule has 25 heavy (non-hydrogen) atoms. The zero-order chi connectivity index (χ0) is 17.5. The molecule has 1 aromatic heterocycles. The van der Waals surface area contributed by atoms with E-state index in [1.165, 1.54) is 0 Å². The van der Waals surface area contributed by atoms with Crippen LogP contribution in [-0.2, 0) is 11.3 Å². The summed E-state index contributed by atoms with van der Waals surface area (Å²) in [6.07, 6.45) is 5.69. The van der Waals surface area contributed by atoms with Crippen molar-refractivity contribution in [3.63, 3.8) is 0 Å². The van der Waals surface area contributed by atoms with Crippen molar-refractivity contribution in [1.82, 2.24) is 9.88 Å². The van der Waals surface area contributed by atoms with Gasteiger partial charge in [-0.2, -0.15) is 0 Å². The van der Waals surface area contributed by atoms with Gasteiger partial charge in [0.05, 0.1) is 12.0 Å². The highest BCUT2D eigenvalue weighted by molar-refractivity contribution is 5.75. The highest BCUT2D eigenvalue weighted by Gasteiger charge is 2.42. The van der Waals surface area contributed by atoms with Gasteiger partial charge in [-0.25, -0.2) is 0 Å². The van der Waals surface area contributed by atoms with E-state index < -0.39 is 11.4 Å². The molecule has 1 aromatic carbocycles. The van der Waals surface area contributed by atoms with E-state index in [9.17, 15) is 9.90 Å². The van der Waals surface area contributed by atoms with Gasteiger partial charge >= 0.3 is 5.97 Å². The van der Waals surface area contributed by atoms with Gasteiger partial charge < -0.3 is 9.84 Å². The number of benzene rings is 1. The first-order chi connectivity index (χ1) is 12.2. The van der Waals surface area contributed by atoms with E-state index in [0.29, 0.717) is 26.0 Å². The lowest BCUT2D eigenvalue weighted by molar-refractivity contribution is -0.154. The van der Waals surface area contributed by atoms with Gasteiger partial charge in [0, 0.05) is 25.5 Å². The topological polar surface area (TPSA) is 62.7 Å². The Morgan fingerprint density at radius 3 is 2.80 bits per heavy atom. The fraction of sp³-hybridized carbons (Fsp3) is 0.400. The number of nitrogens with zero attached hydrogens (tertiary/aromatic N) is 2. The van der Waals surface area contributed by atoms with Gasteiger partial charge in [0.2, 0.25) is 0 Å². The fourth-order valence-electron chi connectivity index (χ4n) is 3.48. The van der Waals surface area contributed by atoms with E-state index in [4.69, 9.17) is 4.74 Å². The number of pyridine rings is 1. The number of carbonyl (C=O) groups is 1. The third kappa shape index (κ3) is 4.57. The zero-order valence-electron chi connectivity index (χ0n) is 14.3. The van der Waals surface area contributed by atoms with Gasteiger partial charge in [0.15, 0.2) is 0 Å². The smallest absolute Gasteiger partial charge is 0.311 e. The molecule has 1 N–H and O–H groups in total. The molecule has 1 atom stereocenters. The second kappa shape index (κ2) is 8.12. The molecular weight excluding hydrogens is 316 g/mol. The number of para-hydroxylation sites is 1. The highest BCUT2D eigenvalue weighted by atomic mass is 16.5. The molecule has 5 heteroatoms. The Bertz CT molecular complexity index is 678. The largest absolute Gasteiger partial charge is 0.494 e. The lowest BCUT2D eigenvalue weighted by atomic mass is 9.77. The van der Waals surface area contributed by atoms with Crippen LogP contribution in [0.15, 0.2) is 54.9 Å². The SMILES string of the molecule is O=C(O)C1(CCOc2ccccc2)CCCN(Cc2cccnc2)C1.